The Kier molecular flexibility index (Phi) is 10.2. The number of carbonyl (C=O) groups is 1. The second-order valence-corrected chi connectivity index (χ2v) is 7.69. The average Bonchev–Trinajstić information content (AvgIpc) is 2.73. The Morgan fingerprint density at radius 1 is 1.27 bits per heavy atom. The van der Waals surface area contributed by atoms with Crippen molar-refractivity contribution in [1.29, 1.82) is 0 Å². The van der Waals surface area contributed by atoms with Crippen LogP contribution in [0.25, 0.3) is 11.1 Å². The maximum atomic E-state index is 14.1. The van der Waals surface area contributed by atoms with Crippen LogP contribution in [0.1, 0.15) is 25.3 Å². The van der Waals surface area contributed by atoms with Crippen molar-refractivity contribution >= 4 is 17.6 Å². The highest BCUT2D eigenvalue weighted by molar-refractivity contribution is 6.30. The van der Waals surface area contributed by atoms with Gasteiger partial charge >= 0.3 is 5.97 Å². The number of rotatable bonds is 12. The molecule has 0 saturated carbocycles. The summed E-state index contributed by atoms with van der Waals surface area (Å²) in [5.41, 5.74) is 8.51. The van der Waals surface area contributed by atoms with Crippen LogP contribution in [-0.2, 0) is 16.0 Å². The van der Waals surface area contributed by atoms with Gasteiger partial charge in [-0.2, -0.15) is 0 Å². The van der Waals surface area contributed by atoms with Crippen LogP contribution in [0.4, 0.5) is 4.39 Å². The molecule has 0 radical (unpaired) electrons. The lowest BCUT2D eigenvalue weighted by Gasteiger charge is -2.20. The second kappa shape index (κ2) is 12.6. The number of aliphatic hydroxyl groups excluding tert-OH is 1. The molecule has 1 unspecified atom stereocenters. The number of nitrogens with one attached hydrogen (secondary N) is 1. The molecule has 0 aliphatic heterocycles. The van der Waals surface area contributed by atoms with Gasteiger partial charge in [0.1, 0.15) is 5.82 Å². The molecule has 2 aromatic carbocycles. The van der Waals surface area contributed by atoms with Crippen LogP contribution < -0.4 is 11.1 Å². The zero-order chi connectivity index (χ0) is 21.9. The molecular weight excluding hydrogens is 407 g/mol. The molecular formula is C23H30ClFN2O3. The van der Waals surface area contributed by atoms with Gasteiger partial charge in [0.15, 0.2) is 0 Å². The Morgan fingerprint density at radius 2 is 2.00 bits per heavy atom. The summed E-state index contributed by atoms with van der Waals surface area (Å²) in [6.45, 7) is 3.29. The van der Waals surface area contributed by atoms with E-state index < -0.39 is 0 Å². The number of halogens is 2. The second-order valence-electron chi connectivity index (χ2n) is 7.25. The van der Waals surface area contributed by atoms with Gasteiger partial charge < -0.3 is 20.9 Å². The third-order valence-corrected chi connectivity index (χ3v) is 5.04. The first-order valence-corrected chi connectivity index (χ1v) is 10.6. The minimum absolute atomic E-state index is 0.103. The molecule has 5 nitrogen and oxygen atoms in total. The number of hydrogen-bond donors (Lipinski definition) is 3. The summed E-state index contributed by atoms with van der Waals surface area (Å²) in [6.07, 6.45) is 1.70. The molecule has 0 amide bonds. The van der Waals surface area contributed by atoms with Gasteiger partial charge in [-0.3, -0.25) is 4.79 Å². The first kappa shape index (κ1) is 24.3. The fourth-order valence-electron chi connectivity index (χ4n) is 3.29. The number of hydrogen-bond acceptors (Lipinski definition) is 5. The van der Waals surface area contributed by atoms with E-state index in [1.54, 1.807) is 13.0 Å². The van der Waals surface area contributed by atoms with Gasteiger partial charge in [-0.15, -0.1) is 0 Å². The fraction of sp³-hybridized carbons (Fsp3) is 0.435. The van der Waals surface area contributed by atoms with Crippen molar-refractivity contribution in [2.75, 3.05) is 26.3 Å². The third kappa shape index (κ3) is 7.69. The van der Waals surface area contributed by atoms with Crippen molar-refractivity contribution in [2.45, 2.75) is 32.2 Å². The van der Waals surface area contributed by atoms with Gasteiger partial charge in [0, 0.05) is 29.8 Å². The summed E-state index contributed by atoms with van der Waals surface area (Å²) >= 11 is 5.98. The molecule has 0 fully saturated rings. The van der Waals surface area contributed by atoms with E-state index in [0.29, 0.717) is 49.5 Å². The third-order valence-electron chi connectivity index (χ3n) is 4.80. The fourth-order valence-corrected chi connectivity index (χ4v) is 3.47. The summed E-state index contributed by atoms with van der Waals surface area (Å²) in [6, 6.07) is 11.8. The van der Waals surface area contributed by atoms with Crippen LogP contribution in [0.2, 0.25) is 5.02 Å². The number of esters is 1. The first-order chi connectivity index (χ1) is 14.4. The SMILES string of the molecule is CCOC(=O)C(CNCCCO)C[C@H](N)Cc1ccc(-c2cc(Cl)ccc2F)cc1. The molecule has 0 bridgehead atoms. The quantitative estimate of drug-likeness (QED) is 0.350. The molecule has 0 saturated heterocycles. The summed E-state index contributed by atoms with van der Waals surface area (Å²) in [5.74, 6) is -0.940. The lowest BCUT2D eigenvalue weighted by molar-refractivity contribution is -0.148. The predicted octanol–water partition coefficient (Wildman–Crippen LogP) is 3.56. The molecule has 0 aliphatic carbocycles. The van der Waals surface area contributed by atoms with Crippen LogP contribution >= 0.6 is 11.6 Å². The van der Waals surface area contributed by atoms with E-state index in [2.05, 4.69) is 5.32 Å². The molecule has 0 heterocycles. The Morgan fingerprint density at radius 3 is 2.67 bits per heavy atom. The minimum atomic E-state index is -0.349. The molecule has 2 atom stereocenters. The van der Waals surface area contributed by atoms with Crippen molar-refractivity contribution in [1.82, 2.24) is 5.32 Å². The van der Waals surface area contributed by atoms with E-state index in [9.17, 15) is 9.18 Å². The molecule has 30 heavy (non-hydrogen) atoms. The summed E-state index contributed by atoms with van der Waals surface area (Å²) < 4.78 is 19.2. The van der Waals surface area contributed by atoms with Crippen LogP contribution in [0.5, 0.6) is 0 Å². The van der Waals surface area contributed by atoms with Crippen molar-refractivity contribution in [3.8, 4) is 11.1 Å². The van der Waals surface area contributed by atoms with Crippen LogP contribution in [-0.4, -0.2) is 43.4 Å². The van der Waals surface area contributed by atoms with Crippen LogP contribution in [0, 0.1) is 11.7 Å². The maximum Gasteiger partial charge on any atom is 0.310 e. The number of carbonyl (C=O) groups excluding carboxylic acids is 1. The number of nitrogens with two attached hydrogens (primary N) is 1. The topological polar surface area (TPSA) is 84.6 Å². The van der Waals surface area contributed by atoms with Crippen LogP contribution in [0.15, 0.2) is 42.5 Å². The zero-order valence-corrected chi connectivity index (χ0v) is 18.0. The lowest BCUT2D eigenvalue weighted by Crippen LogP contribution is -2.36. The minimum Gasteiger partial charge on any atom is -0.466 e. The summed E-state index contributed by atoms with van der Waals surface area (Å²) in [5, 5.41) is 12.5. The number of ether oxygens (including phenoxy) is 1. The first-order valence-electron chi connectivity index (χ1n) is 10.2. The smallest absolute Gasteiger partial charge is 0.310 e. The van der Waals surface area contributed by atoms with E-state index in [4.69, 9.17) is 27.2 Å². The molecule has 164 valence electrons. The van der Waals surface area contributed by atoms with E-state index in [1.165, 1.54) is 12.1 Å². The van der Waals surface area contributed by atoms with Gasteiger partial charge in [-0.25, -0.2) is 4.39 Å². The van der Waals surface area contributed by atoms with Gasteiger partial charge in [-0.05, 0) is 62.1 Å². The normalized spacial score (nSPS) is 13.1. The number of aliphatic hydroxyl groups is 1. The van der Waals surface area contributed by atoms with Crippen molar-refractivity contribution in [2.24, 2.45) is 11.7 Å². The van der Waals surface area contributed by atoms with Gasteiger partial charge in [0.25, 0.3) is 0 Å². The summed E-state index contributed by atoms with van der Waals surface area (Å²) in [4.78, 5) is 12.2. The Bertz CT molecular complexity index is 802. The lowest BCUT2D eigenvalue weighted by atomic mass is 9.94. The highest BCUT2D eigenvalue weighted by Gasteiger charge is 2.22. The van der Waals surface area contributed by atoms with E-state index in [1.807, 2.05) is 24.3 Å². The molecule has 0 spiro atoms. The van der Waals surface area contributed by atoms with Gasteiger partial charge in [0.05, 0.1) is 12.5 Å². The highest BCUT2D eigenvalue weighted by atomic mass is 35.5. The van der Waals surface area contributed by atoms with Crippen molar-refractivity contribution in [3.63, 3.8) is 0 Å². The molecule has 0 aromatic heterocycles. The van der Waals surface area contributed by atoms with Crippen molar-refractivity contribution in [3.05, 3.63) is 58.9 Å². The number of benzene rings is 2. The highest BCUT2D eigenvalue weighted by Crippen LogP contribution is 2.26. The zero-order valence-electron chi connectivity index (χ0n) is 17.2. The molecule has 2 aromatic rings. The monoisotopic (exact) mass is 436 g/mol. The standard InChI is InChI=1S/C23H30ClFN2O3/c1-2-30-23(29)18(15-27-10-3-11-28)13-20(26)12-16-4-6-17(7-5-16)21-14-19(24)8-9-22(21)25/h4-9,14,18,20,27-28H,2-3,10-13,15,26H2,1H3/t18?,20-/m1/s1. The van der Waals surface area contributed by atoms with Crippen molar-refractivity contribution < 1.29 is 19.0 Å². The predicted molar refractivity (Wildman–Crippen MR) is 118 cm³/mol. The Labute approximate surface area is 182 Å². The molecule has 2 rings (SSSR count). The summed E-state index contributed by atoms with van der Waals surface area (Å²) in [7, 11) is 0. The molecule has 0 aliphatic rings. The molecule has 4 N–H and O–H groups in total. The average molecular weight is 437 g/mol. The van der Waals surface area contributed by atoms with E-state index in [-0.39, 0.29) is 30.4 Å². The largest absolute Gasteiger partial charge is 0.466 e. The Balaban J connectivity index is 1.98. The van der Waals surface area contributed by atoms with E-state index >= 15 is 0 Å². The van der Waals surface area contributed by atoms with Crippen LogP contribution in [0.3, 0.4) is 0 Å². The van der Waals surface area contributed by atoms with E-state index in [0.717, 1.165) is 11.1 Å². The Hall–Kier alpha value is -1.99. The van der Waals surface area contributed by atoms with Gasteiger partial charge in [-0.1, -0.05) is 35.9 Å². The van der Waals surface area contributed by atoms with Gasteiger partial charge in [0.2, 0.25) is 0 Å². The molecule has 7 heteroatoms. The maximum absolute atomic E-state index is 14.1.